The molecule has 10 aliphatic rings. The van der Waals surface area contributed by atoms with Gasteiger partial charge in [-0.1, -0.05) is 0 Å². The molecule has 10 heterocycles. The molecule has 0 amide bonds. The number of benzene rings is 1. The Hall–Kier alpha value is 0.219. The monoisotopic (exact) mass is 354 g/mol. The van der Waals surface area contributed by atoms with Crippen LogP contribution < -0.4 is 0 Å². The van der Waals surface area contributed by atoms with Crippen LogP contribution in [-0.4, -0.2) is 0 Å². The fourth-order valence-corrected chi connectivity index (χ4v) is 93.0. The van der Waals surface area contributed by atoms with Crippen molar-refractivity contribution >= 4 is 15.9 Å². The van der Waals surface area contributed by atoms with E-state index >= 15 is 0 Å². The fourth-order valence-electron chi connectivity index (χ4n) is 17.9. The van der Waals surface area contributed by atoms with Gasteiger partial charge in [0.05, 0.1) is 0 Å². The summed E-state index contributed by atoms with van der Waals surface area (Å²) in [6.07, 6.45) is 0. The molecule has 2 heteroatoms. The summed E-state index contributed by atoms with van der Waals surface area (Å²) in [7, 11) is 0. The Balaban J connectivity index is 1.53. The van der Waals surface area contributed by atoms with Crippen LogP contribution in [0.25, 0.3) is 0 Å². The molecule has 0 nitrogen and oxygen atoms in total. The average molecular weight is 355 g/mol. The van der Waals surface area contributed by atoms with Crippen molar-refractivity contribution in [3.63, 3.8) is 0 Å². The summed E-state index contributed by atoms with van der Waals surface area (Å²) in [4.78, 5) is 12.9. The number of hydrogen-bond donors (Lipinski definition) is 0. The van der Waals surface area contributed by atoms with Gasteiger partial charge in [-0.2, -0.15) is 0 Å². The fraction of sp³-hybridized carbons (Fsp3) is 0.647. The first kappa shape index (κ1) is 7.47. The van der Waals surface area contributed by atoms with E-state index in [0.29, 0.717) is 0 Å². The first-order chi connectivity index (χ1) is 8.96. The number of aryl methyl sites for hydroxylation is 1. The molecular weight excluding hydrogens is 340 g/mol. The predicted molar refractivity (Wildman–Crippen MR) is 74.3 cm³/mol. The maximum absolute atomic E-state index is 3.98. The van der Waals surface area contributed by atoms with Crippen LogP contribution >= 0.6 is 15.9 Å². The molecule has 1 aromatic rings. The third-order valence-electron chi connectivity index (χ3n) is 16.2. The van der Waals surface area contributed by atoms with Gasteiger partial charge < -0.3 is 0 Å². The molecule has 10 fully saturated rings. The van der Waals surface area contributed by atoms with E-state index in [1.165, 1.54) is 53.4 Å². The Morgan fingerprint density at radius 3 is 1.89 bits per heavy atom. The van der Waals surface area contributed by atoms with Crippen molar-refractivity contribution in [2.24, 2.45) is 0 Å². The number of fused-ring (bicyclic) bond motifs is 10. The molecule has 0 aliphatic carbocycles. The van der Waals surface area contributed by atoms with Gasteiger partial charge in [-0.3, -0.25) is 0 Å². The molecule has 1 spiro atoms. The quantitative estimate of drug-likeness (QED) is 0.579. The van der Waals surface area contributed by atoms with E-state index in [4.69, 9.17) is 0 Å². The van der Waals surface area contributed by atoms with Crippen molar-refractivity contribution in [1.29, 1.82) is 0 Å². The van der Waals surface area contributed by atoms with Gasteiger partial charge in [0.2, 0.25) is 0 Å². The van der Waals surface area contributed by atoms with Gasteiger partial charge in [0, 0.05) is 0 Å². The second kappa shape index (κ2) is 0.664. The van der Waals surface area contributed by atoms with E-state index in [0.717, 1.165) is 4.31 Å². The van der Waals surface area contributed by atoms with Crippen LogP contribution in [0.3, 0.4) is 0 Å². The summed E-state index contributed by atoms with van der Waals surface area (Å²) in [5, 5.41) is 0. The minimum absolute atomic E-state index is 0.922. The van der Waals surface area contributed by atoms with E-state index in [-0.39, 0.29) is 0 Å². The minimum atomic E-state index is -2.91. The number of rotatable bonds is 1. The molecule has 19 heavy (non-hydrogen) atoms. The van der Waals surface area contributed by atoms with Crippen molar-refractivity contribution in [2.75, 3.05) is 0 Å². The summed E-state index contributed by atoms with van der Waals surface area (Å²) in [6.45, 7) is -0.670. The first-order valence-corrected chi connectivity index (χ1v) is 15.0. The Morgan fingerprint density at radius 1 is 0.947 bits per heavy atom. The van der Waals surface area contributed by atoms with E-state index in [9.17, 15) is 0 Å². The molecule has 4 unspecified atom stereocenters. The standard InChI is InChI=1S/C12H10Br.C5H5.Fe/c1-9-6-7-11(12(13)8-9)10-4-2-3-5-10;1-2-4-5-3-1;/h2-8H,1H3;1-5H;. The second-order valence-corrected chi connectivity index (χ2v) is 36.1. The van der Waals surface area contributed by atoms with Gasteiger partial charge in [-0.05, 0) is 0 Å². The molecule has 0 bridgehead atoms. The Labute approximate surface area is 110 Å². The molecule has 10 aliphatic heterocycles. The van der Waals surface area contributed by atoms with Crippen LogP contribution in [0.5, 0.6) is 0 Å². The molecular formula is C17H15BrFe. The molecule has 4 atom stereocenters. The van der Waals surface area contributed by atoms with Crippen molar-refractivity contribution in [2.45, 2.75) is 54.6 Å². The van der Waals surface area contributed by atoms with Crippen LogP contribution in [-0.2, 0) is 10.8 Å². The van der Waals surface area contributed by atoms with Crippen LogP contribution in [0, 0.1) is 6.92 Å². The van der Waals surface area contributed by atoms with Crippen molar-refractivity contribution in [1.82, 2.24) is 0 Å². The van der Waals surface area contributed by atoms with Crippen LogP contribution in [0.1, 0.15) is 11.1 Å². The van der Waals surface area contributed by atoms with Crippen molar-refractivity contribution < 1.29 is 6.51 Å². The van der Waals surface area contributed by atoms with Crippen LogP contribution in [0.4, 0.5) is 0 Å². The summed E-state index contributed by atoms with van der Waals surface area (Å²) >= 11 is 3.98. The number of hydrogen-bond acceptors (Lipinski definition) is 0. The summed E-state index contributed by atoms with van der Waals surface area (Å²) < 4.78 is 2.42. The predicted octanol–water partition coefficient (Wildman–Crippen LogP) is 5.55. The SMILES string of the molecule is Cc1ccc([C]23[CH]4[CH]5[CH]6[CH]2[Fe]56432789[CH]3[CH]2[CH]7[CH]8[CH]39)c(Br)c1. The maximum atomic E-state index is 3.98. The Morgan fingerprint density at radius 2 is 1.53 bits per heavy atom. The Kier molecular flexibility index (Phi) is 0.261. The molecule has 0 radical (unpaired) electrons. The Bertz CT molecular complexity index is 1130. The van der Waals surface area contributed by atoms with E-state index in [2.05, 4.69) is 41.1 Å². The van der Waals surface area contributed by atoms with E-state index in [1.807, 2.05) is 5.56 Å². The van der Waals surface area contributed by atoms with Gasteiger partial charge in [0.25, 0.3) is 0 Å². The molecule has 11 rings (SSSR count). The van der Waals surface area contributed by atoms with Gasteiger partial charge in [-0.15, -0.1) is 0 Å². The number of halogens is 1. The van der Waals surface area contributed by atoms with Gasteiger partial charge in [0.1, 0.15) is 0 Å². The van der Waals surface area contributed by atoms with E-state index in [1.54, 1.807) is 0 Å². The molecule has 1 aromatic carbocycles. The average Bonchev–Trinajstić information content (AvgIpc) is 3.33. The van der Waals surface area contributed by atoms with Crippen LogP contribution in [0.15, 0.2) is 22.7 Å². The zero-order valence-electron chi connectivity index (χ0n) is 10.7. The molecule has 10 saturated heterocycles. The topological polar surface area (TPSA) is 0 Å². The summed E-state index contributed by atoms with van der Waals surface area (Å²) in [5.41, 5.74) is 3.28. The summed E-state index contributed by atoms with van der Waals surface area (Å²) in [5.74, 6) is 0. The molecule has 0 aromatic heterocycles. The normalized spacial score (nSPS) is 108. The molecule has 98 valence electrons. The molecule has 0 saturated carbocycles. The van der Waals surface area contributed by atoms with E-state index < -0.39 is 6.51 Å². The summed E-state index contributed by atoms with van der Waals surface area (Å²) in [6, 6.07) is 7.40. The third kappa shape index (κ3) is 0.0889. The first-order valence-electron chi connectivity index (χ1n) is 7.93. The van der Waals surface area contributed by atoms with Gasteiger partial charge >= 0.3 is 111 Å². The van der Waals surface area contributed by atoms with Crippen molar-refractivity contribution in [3.8, 4) is 0 Å². The van der Waals surface area contributed by atoms with Gasteiger partial charge in [0.15, 0.2) is 0 Å². The molecule has 0 N–H and O–H groups in total. The zero-order chi connectivity index (χ0) is 11.9. The van der Waals surface area contributed by atoms with Crippen molar-refractivity contribution in [3.05, 3.63) is 33.8 Å². The van der Waals surface area contributed by atoms with Crippen LogP contribution in [0.2, 0.25) is 43.3 Å². The van der Waals surface area contributed by atoms with Gasteiger partial charge in [-0.25, -0.2) is 0 Å². The second-order valence-electron chi connectivity index (χ2n) is 11.7. The zero-order valence-corrected chi connectivity index (χ0v) is 13.3. The third-order valence-corrected chi connectivity index (χ3v) is 59.2.